The second-order valence-corrected chi connectivity index (χ2v) is 4.01. The molecule has 0 aliphatic rings. The van der Waals surface area contributed by atoms with Crippen molar-refractivity contribution in [3.05, 3.63) is 28.3 Å². The van der Waals surface area contributed by atoms with Gasteiger partial charge < -0.3 is 9.94 Å². The SMILES string of the molecule is CC(OCn1cc[n+](C)c1/C=N/O)C(C)[N+](=O)[O-]. The van der Waals surface area contributed by atoms with E-state index in [1.54, 1.807) is 35.5 Å². The maximum atomic E-state index is 10.6. The minimum absolute atomic E-state index is 0.154. The summed E-state index contributed by atoms with van der Waals surface area (Å²) in [4.78, 5) is 10.2. The molecule has 0 bridgehead atoms. The van der Waals surface area contributed by atoms with Crippen molar-refractivity contribution in [2.45, 2.75) is 32.7 Å². The predicted octanol–water partition coefficient (Wildman–Crippen LogP) is 0.149. The Labute approximate surface area is 104 Å². The summed E-state index contributed by atoms with van der Waals surface area (Å²) < 4.78 is 8.84. The van der Waals surface area contributed by atoms with E-state index in [0.29, 0.717) is 5.82 Å². The Hall–Kier alpha value is -1.96. The van der Waals surface area contributed by atoms with Gasteiger partial charge >= 0.3 is 5.82 Å². The van der Waals surface area contributed by atoms with Gasteiger partial charge in [-0.15, -0.1) is 0 Å². The van der Waals surface area contributed by atoms with Gasteiger partial charge in [0.05, 0.1) is 7.05 Å². The molecule has 0 saturated carbocycles. The van der Waals surface area contributed by atoms with Crippen LogP contribution >= 0.6 is 0 Å². The molecule has 1 N–H and O–H groups in total. The molecule has 0 radical (unpaired) electrons. The zero-order chi connectivity index (χ0) is 13.7. The molecule has 0 amide bonds. The van der Waals surface area contributed by atoms with Crippen molar-refractivity contribution >= 4 is 6.21 Å². The Morgan fingerprint density at radius 2 is 2.39 bits per heavy atom. The van der Waals surface area contributed by atoms with E-state index in [1.807, 2.05) is 0 Å². The molecule has 0 aliphatic heterocycles. The zero-order valence-electron chi connectivity index (χ0n) is 10.6. The van der Waals surface area contributed by atoms with Crippen LogP contribution in [0.3, 0.4) is 0 Å². The van der Waals surface area contributed by atoms with E-state index in [2.05, 4.69) is 5.16 Å². The summed E-state index contributed by atoms with van der Waals surface area (Å²) in [5.41, 5.74) is 0. The first-order valence-electron chi connectivity index (χ1n) is 5.44. The number of aromatic nitrogens is 2. The molecule has 2 unspecified atom stereocenters. The lowest BCUT2D eigenvalue weighted by Crippen LogP contribution is -2.34. The first-order chi connectivity index (χ1) is 8.47. The molecule has 0 spiro atoms. The number of nitro groups is 1. The summed E-state index contributed by atoms with van der Waals surface area (Å²) >= 11 is 0. The van der Waals surface area contributed by atoms with Crippen LogP contribution in [0.2, 0.25) is 0 Å². The Balaban J connectivity index is 2.66. The third kappa shape index (κ3) is 3.27. The van der Waals surface area contributed by atoms with Gasteiger partial charge in [0.25, 0.3) is 0 Å². The number of aryl methyl sites for hydroxylation is 1. The summed E-state index contributed by atoms with van der Waals surface area (Å²) in [7, 11) is 1.79. The maximum Gasteiger partial charge on any atom is 0.305 e. The van der Waals surface area contributed by atoms with Gasteiger partial charge in [0, 0.05) is 11.8 Å². The van der Waals surface area contributed by atoms with E-state index in [1.165, 1.54) is 13.1 Å². The third-order valence-corrected chi connectivity index (χ3v) is 2.79. The highest BCUT2D eigenvalue weighted by Gasteiger charge is 2.24. The monoisotopic (exact) mass is 257 g/mol. The minimum Gasteiger partial charge on any atom is -0.411 e. The second kappa shape index (κ2) is 6.10. The van der Waals surface area contributed by atoms with Gasteiger partial charge in [0.2, 0.25) is 6.04 Å². The van der Waals surface area contributed by atoms with Crippen LogP contribution in [-0.2, 0) is 18.5 Å². The van der Waals surface area contributed by atoms with Gasteiger partial charge in [-0.1, -0.05) is 5.16 Å². The number of rotatable bonds is 6. The molecular formula is C10H17N4O4+. The lowest BCUT2D eigenvalue weighted by atomic mass is 10.2. The summed E-state index contributed by atoms with van der Waals surface area (Å²) in [5, 5.41) is 22.1. The fraction of sp³-hybridized carbons (Fsp3) is 0.600. The van der Waals surface area contributed by atoms with Crippen molar-refractivity contribution in [1.82, 2.24) is 4.57 Å². The molecular weight excluding hydrogens is 240 g/mol. The van der Waals surface area contributed by atoms with Gasteiger partial charge in [-0.25, -0.2) is 9.13 Å². The minimum atomic E-state index is -0.774. The number of oxime groups is 1. The topological polar surface area (TPSA) is 93.8 Å². The molecule has 2 atom stereocenters. The number of imidazole rings is 1. The largest absolute Gasteiger partial charge is 0.411 e. The normalized spacial score (nSPS) is 14.8. The molecule has 100 valence electrons. The lowest BCUT2D eigenvalue weighted by molar-refractivity contribution is -0.672. The summed E-state index contributed by atoms with van der Waals surface area (Å²) in [6.07, 6.45) is 4.26. The van der Waals surface area contributed by atoms with Gasteiger partial charge in [0.1, 0.15) is 18.5 Å². The van der Waals surface area contributed by atoms with Crippen molar-refractivity contribution in [3.8, 4) is 0 Å². The average Bonchev–Trinajstić information content (AvgIpc) is 2.67. The quantitative estimate of drug-likeness (QED) is 0.258. The van der Waals surface area contributed by atoms with E-state index in [4.69, 9.17) is 9.94 Å². The van der Waals surface area contributed by atoms with Crippen LogP contribution < -0.4 is 4.57 Å². The van der Waals surface area contributed by atoms with Crippen LogP contribution in [-0.4, -0.2) is 33.1 Å². The van der Waals surface area contributed by atoms with Gasteiger partial charge in [-0.3, -0.25) is 10.1 Å². The fourth-order valence-corrected chi connectivity index (χ4v) is 1.37. The Kier molecular flexibility index (Phi) is 4.78. The Morgan fingerprint density at radius 3 is 2.94 bits per heavy atom. The molecule has 1 heterocycles. The Morgan fingerprint density at radius 1 is 1.72 bits per heavy atom. The van der Waals surface area contributed by atoms with Crippen molar-refractivity contribution in [3.63, 3.8) is 0 Å². The lowest BCUT2D eigenvalue weighted by Gasteiger charge is -2.12. The van der Waals surface area contributed by atoms with E-state index in [0.717, 1.165) is 0 Å². The van der Waals surface area contributed by atoms with Crippen LogP contribution in [0.1, 0.15) is 19.7 Å². The highest BCUT2D eigenvalue weighted by atomic mass is 16.6. The second-order valence-electron chi connectivity index (χ2n) is 4.01. The third-order valence-electron chi connectivity index (χ3n) is 2.79. The van der Waals surface area contributed by atoms with Crippen LogP contribution in [0.5, 0.6) is 0 Å². The van der Waals surface area contributed by atoms with E-state index in [9.17, 15) is 10.1 Å². The highest BCUT2D eigenvalue weighted by Crippen LogP contribution is 2.04. The van der Waals surface area contributed by atoms with Gasteiger partial charge in [-0.05, 0) is 6.92 Å². The van der Waals surface area contributed by atoms with E-state index in [-0.39, 0.29) is 11.7 Å². The van der Waals surface area contributed by atoms with Gasteiger partial charge in [0.15, 0.2) is 12.9 Å². The molecule has 0 aromatic carbocycles. The molecule has 1 aromatic heterocycles. The summed E-state index contributed by atoms with van der Waals surface area (Å²) in [5.74, 6) is 0.624. The molecule has 8 nitrogen and oxygen atoms in total. The number of nitrogens with zero attached hydrogens (tertiary/aromatic N) is 4. The molecule has 8 heteroatoms. The number of hydrogen-bond donors (Lipinski definition) is 1. The highest BCUT2D eigenvalue weighted by molar-refractivity contribution is 5.72. The Bertz CT molecular complexity index is 443. The van der Waals surface area contributed by atoms with Crippen LogP contribution in [0.25, 0.3) is 0 Å². The van der Waals surface area contributed by atoms with Crippen molar-refractivity contribution in [1.29, 1.82) is 0 Å². The van der Waals surface area contributed by atoms with Crippen LogP contribution in [0.15, 0.2) is 17.5 Å². The van der Waals surface area contributed by atoms with Crippen LogP contribution in [0, 0.1) is 10.1 Å². The van der Waals surface area contributed by atoms with E-state index >= 15 is 0 Å². The summed E-state index contributed by atoms with van der Waals surface area (Å²) in [6.45, 7) is 3.30. The molecule has 1 rings (SSSR count). The predicted molar refractivity (Wildman–Crippen MR) is 62.0 cm³/mol. The van der Waals surface area contributed by atoms with Crippen molar-refractivity contribution in [2.75, 3.05) is 0 Å². The number of ether oxygens (including phenoxy) is 1. The average molecular weight is 257 g/mol. The maximum absolute atomic E-state index is 10.6. The van der Waals surface area contributed by atoms with Gasteiger partial charge in [-0.2, -0.15) is 0 Å². The first-order valence-corrected chi connectivity index (χ1v) is 5.44. The van der Waals surface area contributed by atoms with Crippen molar-refractivity contribution < 1.29 is 19.4 Å². The molecule has 0 fully saturated rings. The first kappa shape index (κ1) is 14.1. The number of hydrogen-bond acceptors (Lipinski definition) is 5. The molecule has 0 aliphatic carbocycles. The van der Waals surface area contributed by atoms with Crippen LogP contribution in [0.4, 0.5) is 0 Å². The standard InChI is InChI=1S/C10H16N4O4/c1-8(14(16)17)9(2)18-7-13-5-4-12(3)10(13)6-11-15/h4-6,8-9H,7H2,1-3H3/p+1. The summed E-state index contributed by atoms with van der Waals surface area (Å²) in [6, 6.07) is -0.774. The molecule has 0 saturated heterocycles. The van der Waals surface area contributed by atoms with E-state index < -0.39 is 12.1 Å². The molecule has 18 heavy (non-hydrogen) atoms. The zero-order valence-corrected chi connectivity index (χ0v) is 10.6. The smallest absolute Gasteiger partial charge is 0.305 e. The fourth-order valence-electron chi connectivity index (χ4n) is 1.37. The molecule has 1 aromatic rings. The van der Waals surface area contributed by atoms with Crippen molar-refractivity contribution in [2.24, 2.45) is 12.2 Å².